The normalized spacial score (nSPS) is 18.2. The molecular formula is C16H23NO2S. The Morgan fingerprint density at radius 1 is 1.40 bits per heavy atom. The summed E-state index contributed by atoms with van der Waals surface area (Å²) >= 11 is 1.85. The van der Waals surface area contributed by atoms with Crippen LogP contribution in [0.25, 0.3) is 0 Å². The summed E-state index contributed by atoms with van der Waals surface area (Å²) in [5.41, 5.74) is 1.29. The Bertz CT molecular complexity index is 427. The van der Waals surface area contributed by atoms with Gasteiger partial charge in [0.25, 0.3) is 0 Å². The average molecular weight is 293 g/mol. The molecule has 20 heavy (non-hydrogen) atoms. The van der Waals surface area contributed by atoms with E-state index in [0.717, 1.165) is 31.7 Å². The first-order valence-electron chi connectivity index (χ1n) is 7.19. The third-order valence-corrected chi connectivity index (χ3v) is 4.68. The van der Waals surface area contributed by atoms with Crippen LogP contribution >= 0.6 is 11.8 Å². The largest absolute Gasteiger partial charge is 0.381 e. The van der Waals surface area contributed by atoms with Gasteiger partial charge in [0.05, 0.1) is 12.5 Å². The van der Waals surface area contributed by atoms with Crippen molar-refractivity contribution in [2.45, 2.75) is 24.7 Å². The van der Waals surface area contributed by atoms with Crippen LogP contribution in [-0.4, -0.2) is 43.4 Å². The molecule has 0 unspecified atom stereocenters. The topological polar surface area (TPSA) is 29.5 Å². The number of carbonyl (C=O) groups excluding carboxylic acids is 1. The first-order chi connectivity index (χ1) is 9.66. The molecule has 1 aliphatic rings. The van der Waals surface area contributed by atoms with Crippen molar-refractivity contribution in [1.82, 2.24) is 4.90 Å². The standard InChI is InChI=1S/C16H23NO2S/c1-13-4-6-15(7-5-13)20-11-3-9-17(2)16(18)14-8-10-19-12-14/h4-7,14H,3,8-12H2,1-2H3/t14-/m0/s1. The second-order valence-electron chi connectivity index (χ2n) is 5.34. The number of rotatable bonds is 6. The van der Waals surface area contributed by atoms with Crippen molar-refractivity contribution in [2.24, 2.45) is 5.92 Å². The highest BCUT2D eigenvalue weighted by Crippen LogP contribution is 2.19. The van der Waals surface area contributed by atoms with E-state index >= 15 is 0 Å². The number of nitrogens with zero attached hydrogens (tertiary/aromatic N) is 1. The van der Waals surface area contributed by atoms with Gasteiger partial charge in [-0.15, -0.1) is 11.8 Å². The Labute approximate surface area is 125 Å². The number of benzene rings is 1. The minimum Gasteiger partial charge on any atom is -0.381 e. The van der Waals surface area contributed by atoms with Gasteiger partial charge in [0.1, 0.15) is 0 Å². The summed E-state index contributed by atoms with van der Waals surface area (Å²) in [4.78, 5) is 15.2. The fraction of sp³-hybridized carbons (Fsp3) is 0.562. The SMILES string of the molecule is Cc1ccc(SCCCN(C)C(=O)[C@H]2CCOC2)cc1. The maximum absolute atomic E-state index is 12.1. The molecule has 0 bridgehead atoms. The van der Waals surface area contributed by atoms with E-state index in [1.165, 1.54) is 10.5 Å². The second-order valence-corrected chi connectivity index (χ2v) is 6.50. The summed E-state index contributed by atoms with van der Waals surface area (Å²) in [6.07, 6.45) is 1.90. The van der Waals surface area contributed by atoms with Crippen molar-refractivity contribution in [3.8, 4) is 0 Å². The Morgan fingerprint density at radius 2 is 2.15 bits per heavy atom. The molecule has 3 nitrogen and oxygen atoms in total. The third kappa shape index (κ3) is 4.53. The van der Waals surface area contributed by atoms with Crippen LogP contribution in [0.4, 0.5) is 0 Å². The molecule has 1 amide bonds. The summed E-state index contributed by atoms with van der Waals surface area (Å²) in [6.45, 7) is 4.25. The highest BCUT2D eigenvalue weighted by atomic mass is 32.2. The van der Waals surface area contributed by atoms with Crippen LogP contribution in [0.1, 0.15) is 18.4 Å². The van der Waals surface area contributed by atoms with Crippen molar-refractivity contribution >= 4 is 17.7 Å². The molecule has 2 rings (SSSR count). The van der Waals surface area contributed by atoms with Crippen molar-refractivity contribution < 1.29 is 9.53 Å². The van der Waals surface area contributed by atoms with Crippen LogP contribution in [0.15, 0.2) is 29.2 Å². The summed E-state index contributed by atoms with van der Waals surface area (Å²) in [5, 5.41) is 0. The molecule has 1 saturated heterocycles. The van der Waals surface area contributed by atoms with Gasteiger partial charge in [0.2, 0.25) is 5.91 Å². The average Bonchev–Trinajstić information content (AvgIpc) is 2.98. The van der Waals surface area contributed by atoms with Gasteiger partial charge in [-0.1, -0.05) is 17.7 Å². The van der Waals surface area contributed by atoms with Gasteiger partial charge >= 0.3 is 0 Å². The molecule has 1 heterocycles. The van der Waals surface area contributed by atoms with Gasteiger partial charge in [0, 0.05) is 25.1 Å². The van der Waals surface area contributed by atoms with E-state index in [9.17, 15) is 4.79 Å². The molecule has 0 aromatic heterocycles. The second kappa shape index (κ2) is 7.70. The lowest BCUT2D eigenvalue weighted by Crippen LogP contribution is -2.34. The Hall–Kier alpha value is -1.00. The molecule has 0 saturated carbocycles. The molecule has 4 heteroatoms. The zero-order chi connectivity index (χ0) is 14.4. The molecule has 1 atom stereocenters. The minimum atomic E-state index is 0.0877. The molecule has 0 aliphatic carbocycles. The van der Waals surface area contributed by atoms with E-state index < -0.39 is 0 Å². The predicted molar refractivity (Wildman–Crippen MR) is 83.1 cm³/mol. The van der Waals surface area contributed by atoms with Gasteiger partial charge in [0.15, 0.2) is 0 Å². The minimum absolute atomic E-state index is 0.0877. The van der Waals surface area contributed by atoms with Gasteiger partial charge in [-0.3, -0.25) is 4.79 Å². The summed E-state index contributed by atoms with van der Waals surface area (Å²) in [6, 6.07) is 8.59. The van der Waals surface area contributed by atoms with Gasteiger partial charge in [-0.2, -0.15) is 0 Å². The number of ether oxygens (including phenoxy) is 1. The van der Waals surface area contributed by atoms with Crippen LogP contribution in [-0.2, 0) is 9.53 Å². The molecule has 110 valence electrons. The van der Waals surface area contributed by atoms with Crippen molar-refractivity contribution in [2.75, 3.05) is 32.6 Å². The molecule has 1 aliphatic heterocycles. The van der Waals surface area contributed by atoms with Crippen molar-refractivity contribution in [3.05, 3.63) is 29.8 Å². The Kier molecular flexibility index (Phi) is 5.92. The van der Waals surface area contributed by atoms with Crippen LogP contribution < -0.4 is 0 Å². The smallest absolute Gasteiger partial charge is 0.227 e. The third-order valence-electron chi connectivity index (χ3n) is 3.58. The molecule has 0 radical (unpaired) electrons. The number of hydrogen-bond donors (Lipinski definition) is 0. The molecule has 1 aromatic rings. The molecular weight excluding hydrogens is 270 g/mol. The fourth-order valence-corrected chi connectivity index (χ4v) is 3.12. The van der Waals surface area contributed by atoms with Gasteiger partial charge in [-0.25, -0.2) is 0 Å². The van der Waals surface area contributed by atoms with E-state index in [-0.39, 0.29) is 11.8 Å². The molecule has 1 fully saturated rings. The Balaban J connectivity index is 1.65. The predicted octanol–water partition coefficient (Wildman–Crippen LogP) is 2.97. The fourth-order valence-electron chi connectivity index (χ4n) is 2.28. The van der Waals surface area contributed by atoms with Crippen LogP contribution in [0.2, 0.25) is 0 Å². The highest BCUT2D eigenvalue weighted by Gasteiger charge is 2.25. The lowest BCUT2D eigenvalue weighted by atomic mass is 10.1. The highest BCUT2D eigenvalue weighted by molar-refractivity contribution is 7.99. The van der Waals surface area contributed by atoms with Gasteiger partial charge < -0.3 is 9.64 Å². The Morgan fingerprint density at radius 3 is 2.80 bits per heavy atom. The van der Waals surface area contributed by atoms with E-state index in [4.69, 9.17) is 4.74 Å². The zero-order valence-corrected chi connectivity index (χ0v) is 13.1. The van der Waals surface area contributed by atoms with E-state index in [1.807, 2.05) is 23.7 Å². The lowest BCUT2D eigenvalue weighted by molar-refractivity contribution is -0.134. The van der Waals surface area contributed by atoms with Crippen LogP contribution in [0.5, 0.6) is 0 Å². The molecule has 0 spiro atoms. The van der Waals surface area contributed by atoms with Crippen molar-refractivity contribution in [1.29, 1.82) is 0 Å². The van der Waals surface area contributed by atoms with Gasteiger partial charge in [-0.05, 0) is 37.7 Å². The number of aryl methyl sites for hydroxylation is 1. The maximum Gasteiger partial charge on any atom is 0.227 e. The monoisotopic (exact) mass is 293 g/mol. The van der Waals surface area contributed by atoms with Crippen molar-refractivity contribution in [3.63, 3.8) is 0 Å². The first kappa shape index (κ1) is 15.4. The molecule has 1 aromatic carbocycles. The number of hydrogen-bond acceptors (Lipinski definition) is 3. The lowest BCUT2D eigenvalue weighted by Gasteiger charge is -2.20. The first-order valence-corrected chi connectivity index (χ1v) is 8.17. The van der Waals surface area contributed by atoms with E-state index in [2.05, 4.69) is 31.2 Å². The summed E-state index contributed by atoms with van der Waals surface area (Å²) in [7, 11) is 1.90. The number of amides is 1. The number of carbonyl (C=O) groups is 1. The number of thioether (sulfide) groups is 1. The zero-order valence-electron chi connectivity index (χ0n) is 12.3. The summed E-state index contributed by atoms with van der Waals surface area (Å²) in [5.74, 6) is 1.37. The van der Waals surface area contributed by atoms with Crippen LogP contribution in [0, 0.1) is 12.8 Å². The summed E-state index contributed by atoms with van der Waals surface area (Å²) < 4.78 is 5.27. The maximum atomic E-state index is 12.1. The molecule has 0 N–H and O–H groups in total. The van der Waals surface area contributed by atoms with E-state index in [1.54, 1.807) is 0 Å². The van der Waals surface area contributed by atoms with Crippen LogP contribution in [0.3, 0.4) is 0 Å². The quantitative estimate of drug-likeness (QED) is 0.596. The van der Waals surface area contributed by atoms with E-state index in [0.29, 0.717) is 6.61 Å².